The fourth-order valence-electron chi connectivity index (χ4n) is 7.81. The van der Waals surface area contributed by atoms with Gasteiger partial charge in [0.1, 0.15) is 61.0 Å². The highest BCUT2D eigenvalue weighted by Crippen LogP contribution is 2.33. The van der Waals surface area contributed by atoms with Crippen molar-refractivity contribution in [1.29, 1.82) is 0 Å². The Morgan fingerprint density at radius 2 is 0.913 bits per heavy atom. The lowest BCUT2D eigenvalue weighted by Crippen LogP contribution is -2.70. The number of rotatable bonds is 26. The fraction of sp³-hybridized carbons (Fsp3) is 0.810. The van der Waals surface area contributed by atoms with Crippen molar-refractivity contribution >= 4 is 47.0 Å². The number of nitrogens with zero attached hydrogens (tertiary/aromatic N) is 4. The maximum atomic E-state index is 13.5. The molecule has 27 heteroatoms. The highest BCUT2D eigenvalue weighted by atomic mass is 16.7. The summed E-state index contributed by atoms with van der Waals surface area (Å²) in [7, 11) is 0. The number of amidine groups is 4. The molecule has 3 aliphatic rings. The minimum atomic E-state index is -1.97. The second-order valence-electron chi connectivity index (χ2n) is 17.4. The summed E-state index contributed by atoms with van der Waals surface area (Å²) in [4.78, 5) is 68.9. The molecule has 2 aliphatic heterocycles. The Hall–Kier alpha value is -4.68. The molecule has 15 atom stereocenters. The molecule has 0 spiro atoms. The van der Waals surface area contributed by atoms with Crippen molar-refractivity contribution in [1.82, 2.24) is 21.3 Å². The van der Waals surface area contributed by atoms with Crippen LogP contribution in [0.25, 0.3) is 0 Å². The lowest BCUT2D eigenvalue weighted by Gasteiger charge is -2.50. The molecule has 394 valence electrons. The van der Waals surface area contributed by atoms with Crippen LogP contribution in [0.4, 0.5) is 0 Å². The van der Waals surface area contributed by atoms with Crippen LogP contribution in [0.3, 0.4) is 0 Å². The minimum Gasteiger partial charge on any atom is -0.394 e. The lowest BCUT2D eigenvalue weighted by atomic mass is 9.82. The van der Waals surface area contributed by atoms with Crippen molar-refractivity contribution in [2.24, 2.45) is 42.9 Å². The molecule has 0 radical (unpaired) electrons. The average molecular weight is 989 g/mol. The predicted octanol–water partition coefficient (Wildman–Crippen LogP) is -6.03. The second-order valence-corrected chi connectivity index (χ2v) is 17.4. The van der Waals surface area contributed by atoms with E-state index in [4.69, 9.17) is 41.9 Å². The molecule has 0 aromatic rings. The molecule has 27 nitrogen and oxygen atoms in total. The van der Waals surface area contributed by atoms with E-state index < -0.39 is 122 Å². The van der Waals surface area contributed by atoms with Crippen LogP contribution >= 0.6 is 0 Å². The van der Waals surface area contributed by atoms with E-state index in [9.17, 15) is 54.9 Å². The number of nitrogens with two attached hydrogens (primary N) is 4. The molecule has 19 N–H and O–H groups in total. The molecule has 1 saturated carbocycles. The molecule has 0 aromatic carbocycles. The van der Waals surface area contributed by atoms with Crippen molar-refractivity contribution in [3.05, 3.63) is 0 Å². The summed E-state index contributed by atoms with van der Waals surface area (Å²) in [6.45, 7) is 6.14. The Labute approximate surface area is 400 Å². The molecule has 0 bridgehead atoms. The number of aliphatic imine (C=N–C) groups is 4. The van der Waals surface area contributed by atoms with Gasteiger partial charge in [0.15, 0.2) is 12.6 Å². The van der Waals surface area contributed by atoms with Crippen LogP contribution in [0.5, 0.6) is 0 Å². The van der Waals surface area contributed by atoms with Crippen molar-refractivity contribution in [3.8, 4) is 0 Å². The van der Waals surface area contributed by atoms with Crippen LogP contribution in [0.2, 0.25) is 0 Å². The Morgan fingerprint density at radius 1 is 0.522 bits per heavy atom. The third-order valence-electron chi connectivity index (χ3n) is 11.3. The number of carbonyl (C=O) groups excluding carboxylic acids is 4. The van der Waals surface area contributed by atoms with Crippen LogP contribution in [0.15, 0.2) is 20.0 Å². The maximum Gasteiger partial charge on any atom is 0.220 e. The van der Waals surface area contributed by atoms with E-state index in [0.717, 1.165) is 0 Å². The summed E-state index contributed by atoms with van der Waals surface area (Å²) in [6, 6.07) is -3.92. The van der Waals surface area contributed by atoms with Crippen LogP contribution < -0.4 is 44.2 Å². The van der Waals surface area contributed by atoms with E-state index in [1.165, 1.54) is 0 Å². The van der Waals surface area contributed by atoms with E-state index in [1.807, 2.05) is 0 Å². The SMILES string of the molecule is CC(N)=NCCCC(=O)NC[C@H]1O[C@H](O[C@H]2[C@H](O)[C@@H](OC3O[C@H](CO)[C@@H](O)[C@H](NC(=O)CCCN=C(C)N)[C@H]3O)[C@H](NC(=O)CCCN=C(C)N)C[C@@H]2NC(=O)CCCN=C(C)N)[C@H](O)[C@@H](O)[C@@H]1O. The van der Waals surface area contributed by atoms with Gasteiger partial charge in [0.05, 0.1) is 48.1 Å². The molecule has 2 saturated heterocycles. The number of aliphatic hydroxyl groups excluding tert-OH is 7. The zero-order valence-electron chi connectivity index (χ0n) is 39.8. The molecular formula is C42H76N12O15. The lowest BCUT2D eigenvalue weighted by molar-refractivity contribution is -0.334. The molecule has 69 heavy (non-hydrogen) atoms. The highest BCUT2D eigenvalue weighted by Gasteiger charge is 2.54. The quantitative estimate of drug-likeness (QED) is 0.0218. The van der Waals surface area contributed by atoms with Gasteiger partial charge in [-0.1, -0.05) is 0 Å². The zero-order chi connectivity index (χ0) is 51.4. The highest BCUT2D eigenvalue weighted by molar-refractivity contribution is 5.80. The number of carbonyl (C=O) groups is 4. The van der Waals surface area contributed by atoms with Gasteiger partial charge in [-0.2, -0.15) is 0 Å². The normalized spacial score (nSPS) is 32.5. The Morgan fingerprint density at radius 3 is 1.33 bits per heavy atom. The molecule has 1 unspecified atom stereocenters. The van der Waals surface area contributed by atoms with Crippen molar-refractivity contribution < 1.29 is 73.9 Å². The van der Waals surface area contributed by atoms with Gasteiger partial charge >= 0.3 is 0 Å². The van der Waals surface area contributed by atoms with Crippen molar-refractivity contribution in [3.63, 3.8) is 0 Å². The monoisotopic (exact) mass is 989 g/mol. The van der Waals surface area contributed by atoms with Gasteiger partial charge in [-0.05, 0) is 59.8 Å². The fourth-order valence-corrected chi connectivity index (χ4v) is 7.81. The molecule has 4 amide bonds. The van der Waals surface area contributed by atoms with E-state index in [-0.39, 0.29) is 77.5 Å². The van der Waals surface area contributed by atoms with Crippen molar-refractivity contribution in [2.75, 3.05) is 39.3 Å². The molecule has 3 fully saturated rings. The summed E-state index contributed by atoms with van der Waals surface area (Å²) < 4.78 is 24.2. The molecule has 2 heterocycles. The summed E-state index contributed by atoms with van der Waals surface area (Å²) in [5.74, 6) is -0.859. The second kappa shape index (κ2) is 29.5. The van der Waals surface area contributed by atoms with Crippen molar-refractivity contribution in [2.45, 2.75) is 177 Å². The zero-order valence-corrected chi connectivity index (χ0v) is 39.8. The van der Waals surface area contributed by atoms with Crippen LogP contribution in [-0.4, -0.2) is 214 Å². The summed E-state index contributed by atoms with van der Waals surface area (Å²) in [5, 5.41) is 89.1. The largest absolute Gasteiger partial charge is 0.394 e. The van der Waals surface area contributed by atoms with Gasteiger partial charge in [-0.3, -0.25) is 39.1 Å². The summed E-state index contributed by atoms with van der Waals surface area (Å²) >= 11 is 0. The third-order valence-corrected chi connectivity index (χ3v) is 11.3. The molecule has 3 rings (SSSR count). The molecule has 1 aliphatic carbocycles. The summed E-state index contributed by atoms with van der Waals surface area (Å²) in [6.07, 6.45) is -20.1. The molecule has 0 aromatic heterocycles. The first kappa shape index (κ1) is 58.6. The van der Waals surface area contributed by atoms with Gasteiger partial charge in [-0.15, -0.1) is 0 Å². The van der Waals surface area contributed by atoms with E-state index in [0.29, 0.717) is 36.3 Å². The topological polar surface area (TPSA) is 448 Å². The number of amides is 4. The number of ether oxygens (including phenoxy) is 4. The first-order valence-corrected chi connectivity index (χ1v) is 23.1. The Kier molecular flexibility index (Phi) is 25.1. The van der Waals surface area contributed by atoms with Gasteiger partial charge in [-0.25, -0.2) is 0 Å². The number of nitrogens with one attached hydrogen (secondary N) is 4. The Balaban J connectivity index is 1.99. The third kappa shape index (κ3) is 19.6. The average Bonchev–Trinajstić information content (AvgIpc) is 3.28. The van der Waals surface area contributed by atoms with Crippen LogP contribution in [-0.2, 0) is 38.1 Å². The number of hydrogen-bond donors (Lipinski definition) is 15. The number of hydrogen-bond acceptors (Lipinski definition) is 19. The van der Waals surface area contributed by atoms with Gasteiger partial charge in [0, 0.05) is 58.4 Å². The maximum absolute atomic E-state index is 13.5. The van der Waals surface area contributed by atoms with Gasteiger partial charge in [0.2, 0.25) is 23.6 Å². The van der Waals surface area contributed by atoms with Gasteiger partial charge in [0.25, 0.3) is 0 Å². The van der Waals surface area contributed by atoms with E-state index >= 15 is 0 Å². The van der Waals surface area contributed by atoms with Gasteiger partial charge < -0.3 is 98.9 Å². The summed E-state index contributed by atoms with van der Waals surface area (Å²) in [5.41, 5.74) is 22.4. The standard InChI is InChI=1S/C42H76N12O15/c1-20(43)47-13-5-9-28(56)51-18-26-34(61)36(63)37(64)42(66-26)69-40-25(53-30(58)11-7-15-49-22(3)45)17-24(52-29(57)10-6-14-48-21(2)44)39(38(40)65)68-41-35(62)32(33(60)27(19-55)67-41)54-31(59)12-8-16-50-23(4)46/h24-27,32-42,55,60-65H,5-19H2,1-4H3,(H2,43,47)(H2,44,48)(H2,45,49)(H2,46,50)(H,51,56)(H,52,57)(H,53,58)(H,54,59)/t24-,25+,26-,27-,32+,33-,34-,35-,36+,37-,38-,39+,40-,41?,42-/m1/s1. The minimum absolute atomic E-state index is 0.0357. The number of aliphatic hydroxyl groups is 7. The van der Waals surface area contributed by atoms with E-state index in [1.54, 1.807) is 27.7 Å². The molecular weight excluding hydrogens is 913 g/mol. The van der Waals surface area contributed by atoms with Crippen LogP contribution in [0, 0.1) is 0 Å². The van der Waals surface area contributed by atoms with Crippen LogP contribution in [0.1, 0.15) is 85.5 Å². The Bertz CT molecular complexity index is 1760. The predicted molar refractivity (Wildman–Crippen MR) is 249 cm³/mol. The first-order chi connectivity index (χ1) is 32.6. The van der Waals surface area contributed by atoms with E-state index in [2.05, 4.69) is 41.2 Å². The first-order valence-electron chi connectivity index (χ1n) is 23.1. The smallest absolute Gasteiger partial charge is 0.220 e.